The van der Waals surface area contributed by atoms with Gasteiger partial charge in [-0.15, -0.1) is 0 Å². The first-order valence-electron chi connectivity index (χ1n) is 6.21. The molecule has 0 aromatic heterocycles. The molecular formula is C14H21FN2O. The van der Waals surface area contributed by atoms with Crippen LogP contribution < -0.4 is 10.6 Å². The number of hydrogen-bond acceptors (Lipinski definition) is 2. The molecule has 0 radical (unpaired) electrons. The molecule has 1 amide bonds. The van der Waals surface area contributed by atoms with E-state index in [0.29, 0.717) is 24.1 Å². The van der Waals surface area contributed by atoms with Gasteiger partial charge in [-0.05, 0) is 43.5 Å². The van der Waals surface area contributed by atoms with Crippen LogP contribution in [0.4, 0.5) is 4.39 Å². The quantitative estimate of drug-likeness (QED) is 0.761. The summed E-state index contributed by atoms with van der Waals surface area (Å²) in [7, 11) is 1.64. The number of hydrogen-bond donors (Lipinski definition) is 2. The smallest absolute Gasteiger partial charge is 0.219 e. The van der Waals surface area contributed by atoms with Crippen LogP contribution in [0.3, 0.4) is 0 Å². The van der Waals surface area contributed by atoms with Crippen molar-refractivity contribution in [2.24, 2.45) is 0 Å². The molecule has 2 N–H and O–H groups in total. The van der Waals surface area contributed by atoms with E-state index in [0.717, 1.165) is 18.5 Å². The Balaban J connectivity index is 2.34. The summed E-state index contributed by atoms with van der Waals surface area (Å²) in [6, 6.07) is 3.71. The first kappa shape index (κ1) is 14.6. The second kappa shape index (κ2) is 7.11. The Morgan fingerprint density at radius 2 is 1.89 bits per heavy atom. The Morgan fingerprint density at radius 1 is 1.28 bits per heavy atom. The fraction of sp³-hybridized carbons (Fsp3) is 0.500. The van der Waals surface area contributed by atoms with E-state index in [2.05, 4.69) is 10.6 Å². The molecule has 0 unspecified atom stereocenters. The number of nitrogens with one attached hydrogen (secondary N) is 2. The third-order valence-corrected chi connectivity index (χ3v) is 2.86. The van der Waals surface area contributed by atoms with Crippen molar-refractivity contribution >= 4 is 5.91 Å². The molecule has 0 spiro atoms. The Bertz CT molecular complexity index is 395. The molecule has 1 rings (SSSR count). The summed E-state index contributed by atoms with van der Waals surface area (Å²) in [6.45, 7) is 5.04. The summed E-state index contributed by atoms with van der Waals surface area (Å²) in [5, 5.41) is 5.84. The van der Waals surface area contributed by atoms with Crippen LogP contribution in [0, 0.1) is 19.7 Å². The first-order valence-corrected chi connectivity index (χ1v) is 6.21. The average molecular weight is 252 g/mol. The molecule has 18 heavy (non-hydrogen) atoms. The monoisotopic (exact) mass is 252 g/mol. The molecule has 0 aliphatic rings. The normalized spacial score (nSPS) is 10.4. The van der Waals surface area contributed by atoms with Gasteiger partial charge in [-0.2, -0.15) is 0 Å². The zero-order valence-electron chi connectivity index (χ0n) is 11.3. The van der Waals surface area contributed by atoms with Crippen LogP contribution in [0.2, 0.25) is 0 Å². The summed E-state index contributed by atoms with van der Waals surface area (Å²) in [6.07, 6.45) is 1.34. The van der Waals surface area contributed by atoms with Gasteiger partial charge in [0.15, 0.2) is 0 Å². The van der Waals surface area contributed by atoms with E-state index in [9.17, 15) is 9.18 Å². The van der Waals surface area contributed by atoms with Crippen LogP contribution in [0.5, 0.6) is 0 Å². The molecule has 0 aliphatic carbocycles. The highest BCUT2D eigenvalue weighted by Gasteiger charge is 2.04. The Hall–Kier alpha value is -1.42. The second-order valence-corrected chi connectivity index (χ2v) is 4.50. The fourth-order valence-electron chi connectivity index (χ4n) is 1.87. The number of benzene rings is 1. The maximum absolute atomic E-state index is 13.4. The van der Waals surface area contributed by atoms with E-state index in [1.165, 1.54) is 0 Å². The lowest BCUT2D eigenvalue weighted by Crippen LogP contribution is -2.21. The minimum absolute atomic E-state index is 0.0604. The van der Waals surface area contributed by atoms with Crippen LogP contribution in [-0.4, -0.2) is 19.5 Å². The largest absolute Gasteiger partial charge is 0.359 e. The van der Waals surface area contributed by atoms with Crippen LogP contribution >= 0.6 is 0 Å². The van der Waals surface area contributed by atoms with Crippen molar-refractivity contribution in [3.8, 4) is 0 Å². The van der Waals surface area contributed by atoms with Crippen molar-refractivity contribution in [3.05, 3.63) is 34.6 Å². The lowest BCUT2D eigenvalue weighted by molar-refractivity contribution is -0.120. The van der Waals surface area contributed by atoms with Gasteiger partial charge >= 0.3 is 0 Å². The highest BCUT2D eigenvalue weighted by molar-refractivity contribution is 5.75. The molecule has 100 valence electrons. The summed E-state index contributed by atoms with van der Waals surface area (Å²) < 4.78 is 13.4. The van der Waals surface area contributed by atoms with Crippen LogP contribution in [0.1, 0.15) is 29.5 Å². The van der Waals surface area contributed by atoms with Gasteiger partial charge in [-0.1, -0.05) is 12.1 Å². The van der Waals surface area contributed by atoms with Gasteiger partial charge in [0, 0.05) is 20.0 Å². The zero-order chi connectivity index (χ0) is 13.5. The van der Waals surface area contributed by atoms with Gasteiger partial charge in [0.25, 0.3) is 0 Å². The molecule has 0 atom stereocenters. The number of aryl methyl sites for hydroxylation is 2. The molecule has 0 heterocycles. The van der Waals surface area contributed by atoms with E-state index in [1.807, 2.05) is 12.1 Å². The van der Waals surface area contributed by atoms with Gasteiger partial charge in [-0.25, -0.2) is 4.39 Å². The topological polar surface area (TPSA) is 41.1 Å². The molecular weight excluding hydrogens is 231 g/mol. The van der Waals surface area contributed by atoms with Gasteiger partial charge in [0.2, 0.25) is 5.91 Å². The van der Waals surface area contributed by atoms with Crippen LogP contribution in [0.15, 0.2) is 12.1 Å². The third kappa shape index (κ3) is 4.45. The number of amides is 1. The minimum Gasteiger partial charge on any atom is -0.359 e. The molecule has 0 fully saturated rings. The molecule has 1 aromatic rings. The van der Waals surface area contributed by atoms with Gasteiger partial charge in [0.05, 0.1) is 0 Å². The molecule has 0 saturated heterocycles. The highest BCUT2D eigenvalue weighted by Crippen LogP contribution is 2.14. The van der Waals surface area contributed by atoms with Gasteiger partial charge in [-0.3, -0.25) is 4.79 Å². The third-order valence-electron chi connectivity index (χ3n) is 2.86. The number of carbonyl (C=O) groups is 1. The van der Waals surface area contributed by atoms with E-state index in [1.54, 1.807) is 20.9 Å². The summed E-state index contributed by atoms with van der Waals surface area (Å²) >= 11 is 0. The molecule has 0 bridgehead atoms. The fourth-order valence-corrected chi connectivity index (χ4v) is 1.87. The van der Waals surface area contributed by atoms with E-state index in [-0.39, 0.29) is 11.7 Å². The summed E-state index contributed by atoms with van der Waals surface area (Å²) in [5.41, 5.74) is 2.43. The Labute approximate surface area is 108 Å². The molecule has 3 nitrogen and oxygen atoms in total. The van der Waals surface area contributed by atoms with E-state index >= 15 is 0 Å². The van der Waals surface area contributed by atoms with E-state index in [4.69, 9.17) is 0 Å². The highest BCUT2D eigenvalue weighted by atomic mass is 19.1. The Morgan fingerprint density at radius 3 is 2.44 bits per heavy atom. The predicted octanol–water partition coefficient (Wildman–Crippen LogP) is 2.06. The predicted molar refractivity (Wildman–Crippen MR) is 70.9 cm³/mol. The van der Waals surface area contributed by atoms with Crippen LogP contribution in [0.25, 0.3) is 0 Å². The van der Waals surface area contributed by atoms with Crippen LogP contribution in [-0.2, 0) is 11.3 Å². The van der Waals surface area contributed by atoms with Crippen molar-refractivity contribution in [2.75, 3.05) is 13.6 Å². The van der Waals surface area contributed by atoms with Crippen molar-refractivity contribution in [1.29, 1.82) is 0 Å². The number of halogens is 1. The zero-order valence-corrected chi connectivity index (χ0v) is 11.3. The van der Waals surface area contributed by atoms with Gasteiger partial charge < -0.3 is 10.6 Å². The number of rotatable bonds is 6. The Kier molecular flexibility index (Phi) is 5.78. The SMILES string of the molecule is CNC(=O)CCCNCc1cc(C)c(F)c(C)c1. The summed E-state index contributed by atoms with van der Waals surface area (Å²) in [4.78, 5) is 11.0. The molecule has 4 heteroatoms. The molecule has 0 saturated carbocycles. The van der Waals surface area contributed by atoms with Crippen molar-refractivity contribution in [3.63, 3.8) is 0 Å². The maximum Gasteiger partial charge on any atom is 0.219 e. The number of carbonyl (C=O) groups excluding carboxylic acids is 1. The molecule has 1 aromatic carbocycles. The molecule has 0 aliphatic heterocycles. The standard InChI is InChI=1S/C14H21FN2O/c1-10-7-12(8-11(2)14(10)15)9-17-6-4-5-13(18)16-3/h7-8,17H,4-6,9H2,1-3H3,(H,16,18). The van der Waals surface area contributed by atoms with Crippen molar-refractivity contribution < 1.29 is 9.18 Å². The van der Waals surface area contributed by atoms with E-state index < -0.39 is 0 Å². The first-order chi connectivity index (χ1) is 8.54. The van der Waals surface area contributed by atoms with Crippen molar-refractivity contribution in [2.45, 2.75) is 33.2 Å². The maximum atomic E-state index is 13.4. The van der Waals surface area contributed by atoms with Gasteiger partial charge in [0.1, 0.15) is 5.82 Å². The lowest BCUT2D eigenvalue weighted by Gasteiger charge is -2.08. The minimum atomic E-state index is -0.127. The summed E-state index contributed by atoms with van der Waals surface area (Å²) in [5.74, 6) is -0.0661. The average Bonchev–Trinajstić information content (AvgIpc) is 2.35. The lowest BCUT2D eigenvalue weighted by atomic mass is 10.1. The second-order valence-electron chi connectivity index (χ2n) is 4.50. The van der Waals surface area contributed by atoms with Crippen molar-refractivity contribution in [1.82, 2.24) is 10.6 Å².